The van der Waals surface area contributed by atoms with Gasteiger partial charge >= 0.3 is 0 Å². The van der Waals surface area contributed by atoms with Gasteiger partial charge in [-0.25, -0.2) is 13.1 Å². The predicted octanol–water partition coefficient (Wildman–Crippen LogP) is 3.22. The molecule has 7 heteroatoms. The molecule has 2 heterocycles. The first-order valence-corrected chi connectivity index (χ1v) is 11.3. The third-order valence-corrected chi connectivity index (χ3v) is 6.88. The first-order chi connectivity index (χ1) is 12.5. The van der Waals surface area contributed by atoms with Gasteiger partial charge in [0.05, 0.1) is 18.1 Å². The lowest BCUT2D eigenvalue weighted by Crippen LogP contribution is -2.43. The van der Waals surface area contributed by atoms with Crippen molar-refractivity contribution in [2.75, 3.05) is 32.8 Å². The quantitative estimate of drug-likeness (QED) is 0.783. The van der Waals surface area contributed by atoms with E-state index in [1.54, 1.807) is 23.5 Å². The standard InChI is InChI=1S/C19H26N2O3S2/c1-15(2)16-3-5-18(6-4-16)26(22,23)20-13-19(17-7-12-25-14-17)21-8-10-24-11-9-21/h3-7,12,14-15,19-20H,8-11,13H2,1-2H3. The third-order valence-electron chi connectivity index (χ3n) is 4.74. The number of benzene rings is 1. The Morgan fingerprint density at radius 1 is 1.12 bits per heavy atom. The number of nitrogens with zero attached hydrogens (tertiary/aromatic N) is 1. The molecule has 26 heavy (non-hydrogen) atoms. The minimum atomic E-state index is -3.53. The highest BCUT2D eigenvalue weighted by molar-refractivity contribution is 7.89. The Kier molecular flexibility index (Phi) is 6.47. The second kappa shape index (κ2) is 8.63. The van der Waals surface area contributed by atoms with Gasteiger partial charge in [-0.15, -0.1) is 0 Å². The summed E-state index contributed by atoms with van der Waals surface area (Å²) in [7, 11) is -3.53. The van der Waals surface area contributed by atoms with E-state index in [0.29, 0.717) is 30.6 Å². The Bertz CT molecular complexity index is 781. The van der Waals surface area contributed by atoms with Crippen LogP contribution < -0.4 is 4.72 Å². The van der Waals surface area contributed by atoms with Gasteiger partial charge in [-0.2, -0.15) is 11.3 Å². The number of rotatable bonds is 7. The van der Waals surface area contributed by atoms with Crippen LogP contribution in [0.5, 0.6) is 0 Å². The van der Waals surface area contributed by atoms with Crippen molar-refractivity contribution in [3.8, 4) is 0 Å². The van der Waals surface area contributed by atoms with Crippen LogP contribution in [0.4, 0.5) is 0 Å². The number of nitrogens with one attached hydrogen (secondary N) is 1. The monoisotopic (exact) mass is 394 g/mol. The molecular weight excluding hydrogens is 368 g/mol. The zero-order valence-electron chi connectivity index (χ0n) is 15.2. The van der Waals surface area contributed by atoms with Gasteiger partial charge in [-0.3, -0.25) is 4.90 Å². The van der Waals surface area contributed by atoms with Crippen LogP contribution >= 0.6 is 11.3 Å². The summed E-state index contributed by atoms with van der Waals surface area (Å²) in [5.74, 6) is 0.379. The van der Waals surface area contributed by atoms with E-state index in [1.165, 1.54) is 0 Å². The molecule has 1 saturated heterocycles. The van der Waals surface area contributed by atoms with E-state index >= 15 is 0 Å². The normalized spacial score (nSPS) is 17.5. The van der Waals surface area contributed by atoms with Crippen molar-refractivity contribution < 1.29 is 13.2 Å². The molecule has 2 aromatic rings. The molecule has 1 aliphatic heterocycles. The van der Waals surface area contributed by atoms with Gasteiger partial charge < -0.3 is 4.74 Å². The van der Waals surface area contributed by atoms with E-state index in [1.807, 2.05) is 17.5 Å². The van der Waals surface area contributed by atoms with Crippen molar-refractivity contribution >= 4 is 21.4 Å². The number of ether oxygens (including phenoxy) is 1. The maximum Gasteiger partial charge on any atom is 0.240 e. The largest absolute Gasteiger partial charge is 0.379 e. The smallest absolute Gasteiger partial charge is 0.240 e. The first kappa shape index (κ1) is 19.5. The molecule has 0 spiro atoms. The summed E-state index contributed by atoms with van der Waals surface area (Å²) >= 11 is 1.63. The second-order valence-corrected chi connectivity index (χ2v) is 9.34. The molecule has 0 radical (unpaired) electrons. The maximum absolute atomic E-state index is 12.7. The van der Waals surface area contributed by atoms with Crippen molar-refractivity contribution in [1.82, 2.24) is 9.62 Å². The summed E-state index contributed by atoms with van der Waals surface area (Å²) in [5.41, 5.74) is 2.28. The third kappa shape index (κ3) is 4.72. The van der Waals surface area contributed by atoms with Crippen LogP contribution in [0.2, 0.25) is 0 Å². The summed E-state index contributed by atoms with van der Waals surface area (Å²) in [6.07, 6.45) is 0. The summed E-state index contributed by atoms with van der Waals surface area (Å²) < 4.78 is 33.7. The Hall–Kier alpha value is -1.25. The number of hydrogen-bond donors (Lipinski definition) is 1. The fraction of sp³-hybridized carbons (Fsp3) is 0.474. The molecule has 1 unspecified atom stereocenters. The Balaban J connectivity index is 1.73. The van der Waals surface area contributed by atoms with Crippen LogP contribution in [0.1, 0.15) is 36.9 Å². The van der Waals surface area contributed by atoms with Crippen LogP contribution in [0.15, 0.2) is 46.0 Å². The number of sulfonamides is 1. The van der Waals surface area contributed by atoms with Crippen LogP contribution in [0, 0.1) is 0 Å². The Morgan fingerprint density at radius 3 is 2.38 bits per heavy atom. The fourth-order valence-electron chi connectivity index (χ4n) is 3.12. The van der Waals surface area contributed by atoms with Gasteiger partial charge in [-0.05, 0) is 46.0 Å². The minimum absolute atomic E-state index is 0.0230. The zero-order chi connectivity index (χ0) is 18.6. The molecule has 1 atom stereocenters. The predicted molar refractivity (Wildman–Crippen MR) is 105 cm³/mol. The molecular formula is C19H26N2O3S2. The van der Waals surface area contributed by atoms with Crippen LogP contribution in [0.25, 0.3) is 0 Å². The van der Waals surface area contributed by atoms with E-state index in [9.17, 15) is 8.42 Å². The molecule has 1 N–H and O–H groups in total. The van der Waals surface area contributed by atoms with E-state index in [4.69, 9.17) is 4.74 Å². The lowest BCUT2D eigenvalue weighted by molar-refractivity contribution is 0.0173. The molecule has 1 aromatic carbocycles. The molecule has 0 aliphatic carbocycles. The maximum atomic E-state index is 12.7. The lowest BCUT2D eigenvalue weighted by atomic mass is 10.0. The van der Waals surface area contributed by atoms with Crippen molar-refractivity contribution in [1.29, 1.82) is 0 Å². The van der Waals surface area contributed by atoms with Crippen molar-refractivity contribution in [2.45, 2.75) is 30.7 Å². The molecule has 1 aliphatic rings. The van der Waals surface area contributed by atoms with E-state index in [-0.39, 0.29) is 6.04 Å². The Labute approximate surface area is 160 Å². The van der Waals surface area contributed by atoms with Crippen molar-refractivity contribution in [2.24, 2.45) is 0 Å². The summed E-state index contributed by atoms with van der Waals surface area (Å²) in [4.78, 5) is 2.60. The molecule has 5 nitrogen and oxygen atoms in total. The number of hydrogen-bond acceptors (Lipinski definition) is 5. The highest BCUT2D eigenvalue weighted by Crippen LogP contribution is 2.24. The van der Waals surface area contributed by atoms with Crippen LogP contribution in [-0.2, 0) is 14.8 Å². The average Bonchev–Trinajstić information content (AvgIpc) is 3.17. The summed E-state index contributed by atoms with van der Waals surface area (Å²) in [6.45, 7) is 7.53. The molecule has 1 fully saturated rings. The van der Waals surface area contributed by atoms with Gasteiger partial charge in [-0.1, -0.05) is 26.0 Å². The minimum Gasteiger partial charge on any atom is -0.379 e. The first-order valence-electron chi connectivity index (χ1n) is 8.91. The van der Waals surface area contributed by atoms with Gasteiger partial charge in [0, 0.05) is 25.7 Å². The molecule has 0 saturated carbocycles. The SMILES string of the molecule is CC(C)c1ccc(S(=O)(=O)NCC(c2ccsc2)N2CCOCC2)cc1. The fourth-order valence-corrected chi connectivity index (χ4v) is 4.86. The van der Waals surface area contributed by atoms with Crippen molar-refractivity contribution in [3.05, 3.63) is 52.2 Å². The van der Waals surface area contributed by atoms with Crippen molar-refractivity contribution in [3.63, 3.8) is 0 Å². The number of thiophene rings is 1. The average molecular weight is 395 g/mol. The van der Waals surface area contributed by atoms with Gasteiger partial charge in [0.1, 0.15) is 0 Å². The molecule has 0 amide bonds. The van der Waals surface area contributed by atoms with E-state index in [0.717, 1.165) is 24.2 Å². The molecule has 1 aromatic heterocycles. The van der Waals surface area contributed by atoms with E-state index < -0.39 is 10.0 Å². The van der Waals surface area contributed by atoms with Gasteiger partial charge in [0.15, 0.2) is 0 Å². The van der Waals surface area contributed by atoms with Crippen LogP contribution in [-0.4, -0.2) is 46.2 Å². The highest BCUT2D eigenvalue weighted by atomic mass is 32.2. The summed E-state index contributed by atoms with van der Waals surface area (Å²) in [5, 5.41) is 4.12. The second-order valence-electron chi connectivity index (χ2n) is 6.80. The number of morpholine rings is 1. The Morgan fingerprint density at radius 2 is 1.81 bits per heavy atom. The van der Waals surface area contributed by atoms with Gasteiger partial charge in [0.2, 0.25) is 10.0 Å². The van der Waals surface area contributed by atoms with E-state index in [2.05, 4.69) is 34.9 Å². The zero-order valence-corrected chi connectivity index (χ0v) is 16.9. The molecule has 3 rings (SSSR count). The van der Waals surface area contributed by atoms with Crippen LogP contribution in [0.3, 0.4) is 0 Å². The highest BCUT2D eigenvalue weighted by Gasteiger charge is 2.25. The summed E-state index contributed by atoms with van der Waals surface area (Å²) in [6, 6.07) is 9.23. The molecule has 142 valence electrons. The van der Waals surface area contributed by atoms with Gasteiger partial charge in [0.25, 0.3) is 0 Å². The topological polar surface area (TPSA) is 58.6 Å². The lowest BCUT2D eigenvalue weighted by Gasteiger charge is -2.34. The molecule has 0 bridgehead atoms.